The van der Waals surface area contributed by atoms with Gasteiger partial charge < -0.3 is 30.7 Å². The third-order valence-corrected chi connectivity index (χ3v) is 10.2. The van der Waals surface area contributed by atoms with Crippen LogP contribution in [0.4, 0.5) is 0 Å². The second-order valence-electron chi connectivity index (χ2n) is 13.9. The van der Waals surface area contributed by atoms with E-state index in [-0.39, 0.29) is 36.0 Å². The number of carbonyl (C=O) groups excluding carboxylic acids is 6. The summed E-state index contributed by atoms with van der Waals surface area (Å²) in [5.74, 6) is -10.8. The van der Waals surface area contributed by atoms with Crippen molar-refractivity contribution in [3.05, 3.63) is 47.0 Å². The Morgan fingerprint density at radius 2 is 1.76 bits per heavy atom. The molecule has 3 aliphatic rings. The van der Waals surface area contributed by atoms with Gasteiger partial charge in [0.25, 0.3) is 0 Å². The Bertz CT molecular complexity index is 1740. The Kier molecular flexibility index (Phi) is 9.84. The minimum absolute atomic E-state index is 0.0646. The summed E-state index contributed by atoms with van der Waals surface area (Å²) >= 11 is 0. The normalized spacial score (nSPS) is 27.0. The van der Waals surface area contributed by atoms with Crippen LogP contribution in [0.3, 0.4) is 0 Å². The quantitative estimate of drug-likeness (QED) is 0.207. The molecule has 0 aliphatic heterocycles. The smallest absolute Gasteiger partial charge is 0.322 e. The van der Waals surface area contributed by atoms with Gasteiger partial charge in [-0.2, -0.15) is 0 Å². The zero-order chi connectivity index (χ0) is 36.1. The van der Waals surface area contributed by atoms with E-state index >= 15 is 0 Å². The number of phenols is 1. The fraction of sp³-hybridized carbons (Fsp3) is 0.500. The highest BCUT2D eigenvalue weighted by atomic mass is 16.5. The molecule has 2 saturated carbocycles. The first kappa shape index (κ1) is 35.8. The molecule has 1 amide bonds. The standard InChI is InChI=1S/C36H43N3O10/c1-16(2)11-23(35(46)49-6)38-15-17-7-10-25(48-5)20(12-17)19-8-9-24(40)27-21(19)13-18-14-22-29(39(3)4)31(42)28(34(37)45)33(44)36(22,47)32(43)26(18)30(27)41/h7-10,12,16,18,22-23,26,28-29,38,40,47H,11,13-15H2,1-6H3,(H2,37,45)/t18-,22-,23?,26?,28?,29-,36-/m1/s1. The average molecular weight is 678 g/mol. The maximum Gasteiger partial charge on any atom is 0.322 e. The van der Waals surface area contributed by atoms with Crippen molar-refractivity contribution in [2.75, 3.05) is 28.3 Å². The summed E-state index contributed by atoms with van der Waals surface area (Å²) in [5.41, 5.74) is 4.89. The Morgan fingerprint density at radius 3 is 2.35 bits per heavy atom. The molecule has 0 saturated heterocycles. The van der Waals surface area contributed by atoms with Gasteiger partial charge in [0.15, 0.2) is 34.7 Å². The molecule has 49 heavy (non-hydrogen) atoms. The number of rotatable bonds is 10. The Balaban J connectivity index is 1.57. The largest absolute Gasteiger partial charge is 0.507 e. The van der Waals surface area contributed by atoms with Crippen LogP contribution in [0.5, 0.6) is 11.5 Å². The molecule has 7 atom stereocenters. The number of carbonyl (C=O) groups is 6. The number of nitrogens with two attached hydrogens (primary N) is 1. The number of esters is 1. The molecule has 2 aromatic carbocycles. The van der Waals surface area contributed by atoms with Crippen molar-refractivity contribution in [1.29, 1.82) is 0 Å². The van der Waals surface area contributed by atoms with Crippen LogP contribution in [0.15, 0.2) is 30.3 Å². The fourth-order valence-electron chi connectivity index (χ4n) is 8.05. The molecule has 2 aromatic rings. The number of nitrogens with zero attached hydrogens (tertiary/aromatic N) is 1. The fourth-order valence-corrected chi connectivity index (χ4v) is 8.05. The number of Topliss-reactive ketones (excluding diaryl/α,β-unsaturated/α-hetero) is 4. The van der Waals surface area contributed by atoms with Crippen molar-refractivity contribution in [2.45, 2.75) is 57.3 Å². The van der Waals surface area contributed by atoms with E-state index in [1.807, 2.05) is 26.0 Å². The number of benzene rings is 2. The number of aliphatic hydroxyl groups is 1. The van der Waals surface area contributed by atoms with Gasteiger partial charge in [-0.15, -0.1) is 0 Å². The Labute approximate surface area is 284 Å². The molecule has 0 bridgehead atoms. The summed E-state index contributed by atoms with van der Waals surface area (Å²) in [7, 11) is 5.91. The van der Waals surface area contributed by atoms with Gasteiger partial charge in [-0.1, -0.05) is 26.0 Å². The van der Waals surface area contributed by atoms with Crippen LogP contribution in [-0.2, 0) is 41.7 Å². The molecule has 13 nitrogen and oxygen atoms in total. The monoisotopic (exact) mass is 677 g/mol. The second kappa shape index (κ2) is 13.4. The van der Waals surface area contributed by atoms with Crippen LogP contribution in [0.25, 0.3) is 11.1 Å². The predicted molar refractivity (Wildman–Crippen MR) is 175 cm³/mol. The lowest BCUT2D eigenvalue weighted by atomic mass is 9.52. The number of fused-ring (bicyclic) bond motifs is 3. The number of primary amides is 1. The average Bonchev–Trinajstić information content (AvgIpc) is 3.03. The van der Waals surface area contributed by atoms with E-state index in [9.17, 15) is 39.0 Å². The van der Waals surface area contributed by atoms with Crippen molar-refractivity contribution in [1.82, 2.24) is 10.2 Å². The number of nitrogens with one attached hydrogen (secondary N) is 1. The van der Waals surface area contributed by atoms with Crippen LogP contribution in [0.2, 0.25) is 0 Å². The zero-order valence-corrected chi connectivity index (χ0v) is 28.4. The van der Waals surface area contributed by atoms with Gasteiger partial charge in [-0.3, -0.25) is 33.7 Å². The number of amides is 1. The first-order chi connectivity index (χ1) is 23.1. The number of ketones is 4. The molecule has 5 rings (SSSR count). The first-order valence-corrected chi connectivity index (χ1v) is 16.3. The third-order valence-electron chi connectivity index (χ3n) is 10.2. The highest BCUT2D eigenvalue weighted by molar-refractivity contribution is 6.32. The van der Waals surface area contributed by atoms with E-state index in [4.69, 9.17) is 15.2 Å². The topological polar surface area (TPSA) is 203 Å². The van der Waals surface area contributed by atoms with Gasteiger partial charge in [-0.05, 0) is 80.1 Å². The number of hydrogen-bond donors (Lipinski definition) is 4. The lowest BCUT2D eigenvalue weighted by Crippen LogP contribution is -2.74. The van der Waals surface area contributed by atoms with Gasteiger partial charge in [-0.25, -0.2) is 0 Å². The van der Waals surface area contributed by atoms with E-state index in [0.29, 0.717) is 35.4 Å². The molecule has 5 N–H and O–H groups in total. The van der Waals surface area contributed by atoms with E-state index in [0.717, 1.165) is 5.56 Å². The van der Waals surface area contributed by atoms with Crippen LogP contribution in [0, 0.1) is 29.6 Å². The zero-order valence-electron chi connectivity index (χ0n) is 28.4. The molecule has 0 spiro atoms. The highest BCUT2D eigenvalue weighted by Crippen LogP contribution is 2.52. The maximum atomic E-state index is 14.2. The third kappa shape index (κ3) is 5.93. The molecule has 0 heterocycles. The predicted octanol–water partition coefficient (Wildman–Crippen LogP) is 1.22. The molecule has 262 valence electrons. The minimum atomic E-state index is -2.80. The molecule has 3 unspecified atom stereocenters. The van der Waals surface area contributed by atoms with Crippen LogP contribution >= 0.6 is 0 Å². The number of aromatic hydroxyl groups is 1. The summed E-state index contributed by atoms with van der Waals surface area (Å²) < 4.78 is 10.7. The molecule has 13 heteroatoms. The second-order valence-corrected chi connectivity index (χ2v) is 13.9. The Hall–Kier alpha value is -4.46. The van der Waals surface area contributed by atoms with Gasteiger partial charge >= 0.3 is 5.97 Å². The van der Waals surface area contributed by atoms with Crippen LogP contribution < -0.4 is 15.8 Å². The summed E-state index contributed by atoms with van der Waals surface area (Å²) in [6, 6.07) is 6.72. The summed E-state index contributed by atoms with van der Waals surface area (Å²) in [6.07, 6.45) is 0.598. The van der Waals surface area contributed by atoms with Crippen molar-refractivity contribution in [3.8, 4) is 22.6 Å². The summed E-state index contributed by atoms with van der Waals surface area (Å²) in [4.78, 5) is 81.4. The van der Waals surface area contributed by atoms with Crippen molar-refractivity contribution >= 4 is 35.0 Å². The van der Waals surface area contributed by atoms with E-state index in [2.05, 4.69) is 5.32 Å². The number of phenolic OH excluding ortho intramolecular Hbond substituents is 1. The summed E-state index contributed by atoms with van der Waals surface area (Å²) in [5, 5.41) is 26.1. The summed E-state index contributed by atoms with van der Waals surface area (Å²) in [6.45, 7) is 4.32. The molecule has 0 radical (unpaired) electrons. The number of methoxy groups -OCH3 is 2. The number of hydrogen-bond acceptors (Lipinski definition) is 12. The van der Waals surface area contributed by atoms with E-state index in [1.165, 1.54) is 39.3 Å². The maximum absolute atomic E-state index is 14.2. The van der Waals surface area contributed by atoms with Crippen LogP contribution in [0.1, 0.15) is 48.2 Å². The SMILES string of the molecule is COC(=O)C(CC(C)C)NCc1ccc(OC)c(-c2ccc(O)c3c2C[C@@H]2C[C@@H]4[C@@H](N(C)C)C(=O)C(C(N)=O)C(=O)[C@]4(O)C(=O)C2C3=O)c1. The molecule has 2 fully saturated rings. The molecule has 3 aliphatic carbocycles. The van der Waals surface area contributed by atoms with Crippen molar-refractivity contribution < 1.29 is 48.5 Å². The van der Waals surface area contributed by atoms with E-state index in [1.54, 1.807) is 12.1 Å². The molecule has 0 aromatic heterocycles. The lowest BCUT2D eigenvalue weighted by molar-refractivity contribution is -0.181. The van der Waals surface area contributed by atoms with Crippen molar-refractivity contribution in [2.24, 2.45) is 35.3 Å². The molecular formula is C36H43N3O10. The van der Waals surface area contributed by atoms with Gasteiger partial charge in [0.2, 0.25) is 5.91 Å². The van der Waals surface area contributed by atoms with Gasteiger partial charge in [0, 0.05) is 18.0 Å². The lowest BCUT2D eigenvalue weighted by Gasteiger charge is -2.52. The van der Waals surface area contributed by atoms with Crippen LogP contribution in [-0.4, -0.2) is 96.1 Å². The number of ether oxygens (including phenoxy) is 2. The highest BCUT2D eigenvalue weighted by Gasteiger charge is 2.69. The number of likely N-dealkylation sites (N-methyl/N-ethyl adjacent to an activating group) is 1. The molecular weight excluding hydrogens is 634 g/mol. The van der Waals surface area contributed by atoms with E-state index < -0.39 is 70.4 Å². The van der Waals surface area contributed by atoms with Gasteiger partial charge in [0.05, 0.1) is 31.7 Å². The van der Waals surface area contributed by atoms with Crippen molar-refractivity contribution in [3.63, 3.8) is 0 Å². The first-order valence-electron chi connectivity index (χ1n) is 16.3. The Morgan fingerprint density at radius 1 is 1.06 bits per heavy atom. The minimum Gasteiger partial charge on any atom is -0.507 e. The van der Waals surface area contributed by atoms with Gasteiger partial charge in [0.1, 0.15) is 17.5 Å².